The van der Waals surface area contributed by atoms with Gasteiger partial charge in [-0.15, -0.1) is 0 Å². The lowest BCUT2D eigenvalue weighted by atomic mass is 10.2. The standard InChI is InChI=1S/C12H18N/c1-3-5-7-10-13-11-8-6-9-12(13)4-2/h4,6,8-9,11H,2-3,5,7,10H2,1H3/q+1. The van der Waals surface area contributed by atoms with Crippen molar-refractivity contribution in [1.82, 2.24) is 0 Å². The molecule has 0 saturated carbocycles. The molecule has 0 atom stereocenters. The van der Waals surface area contributed by atoms with Crippen molar-refractivity contribution in [3.63, 3.8) is 0 Å². The molecule has 0 saturated heterocycles. The Labute approximate surface area is 80.7 Å². The molecule has 1 aromatic heterocycles. The van der Waals surface area contributed by atoms with E-state index in [-0.39, 0.29) is 0 Å². The van der Waals surface area contributed by atoms with Gasteiger partial charge in [0.15, 0.2) is 6.20 Å². The van der Waals surface area contributed by atoms with Crippen LogP contribution in [0, 0.1) is 0 Å². The molecule has 1 heteroatoms. The highest BCUT2D eigenvalue weighted by Crippen LogP contribution is 1.97. The average molecular weight is 176 g/mol. The summed E-state index contributed by atoms with van der Waals surface area (Å²) in [6, 6.07) is 6.21. The second kappa shape index (κ2) is 5.52. The molecular formula is C12H18N+. The Kier molecular flexibility index (Phi) is 4.24. The molecular weight excluding hydrogens is 158 g/mol. The summed E-state index contributed by atoms with van der Waals surface area (Å²) in [5.74, 6) is 0. The first-order valence-corrected chi connectivity index (χ1v) is 4.99. The molecule has 0 fully saturated rings. The molecule has 1 aromatic rings. The summed E-state index contributed by atoms with van der Waals surface area (Å²) in [6.07, 6.45) is 7.86. The monoisotopic (exact) mass is 176 g/mol. The van der Waals surface area contributed by atoms with Crippen molar-refractivity contribution in [1.29, 1.82) is 0 Å². The molecule has 0 radical (unpaired) electrons. The van der Waals surface area contributed by atoms with Gasteiger partial charge in [0.2, 0.25) is 5.69 Å². The number of nitrogens with zero attached hydrogens (tertiary/aromatic N) is 1. The quantitative estimate of drug-likeness (QED) is 0.480. The first kappa shape index (κ1) is 9.97. The molecule has 0 N–H and O–H groups in total. The highest BCUT2D eigenvalue weighted by Gasteiger charge is 2.03. The van der Waals surface area contributed by atoms with E-state index in [4.69, 9.17) is 0 Å². The molecule has 0 aliphatic heterocycles. The van der Waals surface area contributed by atoms with Gasteiger partial charge in [0, 0.05) is 24.6 Å². The van der Waals surface area contributed by atoms with Crippen molar-refractivity contribution in [2.24, 2.45) is 0 Å². The maximum absolute atomic E-state index is 3.80. The minimum absolute atomic E-state index is 1.11. The SMILES string of the molecule is C=Cc1cccc[n+]1CCCCC. The van der Waals surface area contributed by atoms with Gasteiger partial charge in [0.05, 0.1) is 0 Å². The summed E-state index contributed by atoms with van der Waals surface area (Å²) in [5.41, 5.74) is 1.21. The zero-order chi connectivity index (χ0) is 9.52. The summed E-state index contributed by atoms with van der Waals surface area (Å²) < 4.78 is 2.25. The lowest BCUT2D eigenvalue weighted by Gasteiger charge is -1.98. The predicted molar refractivity (Wildman–Crippen MR) is 56.3 cm³/mol. The Hall–Kier alpha value is -1.11. The highest BCUT2D eigenvalue weighted by molar-refractivity contribution is 5.36. The fourth-order valence-corrected chi connectivity index (χ4v) is 1.41. The summed E-state index contributed by atoms with van der Waals surface area (Å²) in [6.45, 7) is 7.13. The number of aryl methyl sites for hydroxylation is 1. The van der Waals surface area contributed by atoms with Crippen LogP contribution >= 0.6 is 0 Å². The summed E-state index contributed by atoms with van der Waals surface area (Å²) in [4.78, 5) is 0. The zero-order valence-corrected chi connectivity index (χ0v) is 8.37. The van der Waals surface area contributed by atoms with E-state index in [2.05, 4.69) is 36.4 Å². The second-order valence-corrected chi connectivity index (χ2v) is 3.23. The average Bonchev–Trinajstić information content (AvgIpc) is 2.19. The number of unbranched alkanes of at least 4 members (excludes halogenated alkanes) is 2. The first-order chi connectivity index (χ1) is 6.38. The molecule has 1 heterocycles. The smallest absolute Gasteiger partial charge is 0.199 e. The number of hydrogen-bond acceptors (Lipinski definition) is 0. The lowest BCUT2D eigenvalue weighted by Crippen LogP contribution is -2.36. The van der Waals surface area contributed by atoms with Gasteiger partial charge in [-0.25, -0.2) is 0 Å². The number of aromatic nitrogens is 1. The van der Waals surface area contributed by atoms with Crippen LogP contribution in [0.3, 0.4) is 0 Å². The third kappa shape index (κ3) is 3.02. The van der Waals surface area contributed by atoms with Gasteiger partial charge in [-0.1, -0.05) is 19.9 Å². The van der Waals surface area contributed by atoms with Crippen LogP contribution in [0.15, 0.2) is 31.0 Å². The van der Waals surface area contributed by atoms with E-state index >= 15 is 0 Å². The van der Waals surface area contributed by atoms with Crippen LogP contribution in [0.25, 0.3) is 6.08 Å². The Morgan fingerprint density at radius 2 is 2.23 bits per heavy atom. The summed E-state index contributed by atoms with van der Waals surface area (Å²) in [5, 5.41) is 0. The fraction of sp³-hybridized carbons (Fsp3) is 0.417. The van der Waals surface area contributed by atoms with E-state index in [1.165, 1.54) is 25.0 Å². The van der Waals surface area contributed by atoms with Crippen LogP contribution in [-0.2, 0) is 6.54 Å². The van der Waals surface area contributed by atoms with Crippen LogP contribution in [0.1, 0.15) is 31.9 Å². The van der Waals surface area contributed by atoms with Gasteiger partial charge in [0.25, 0.3) is 0 Å². The molecule has 70 valence electrons. The summed E-state index contributed by atoms with van der Waals surface area (Å²) in [7, 11) is 0. The largest absolute Gasteiger partial charge is 0.204 e. The van der Waals surface area contributed by atoms with Crippen LogP contribution < -0.4 is 4.57 Å². The van der Waals surface area contributed by atoms with Crippen LogP contribution in [0.5, 0.6) is 0 Å². The molecule has 0 aliphatic carbocycles. The number of hydrogen-bond donors (Lipinski definition) is 0. The lowest BCUT2D eigenvalue weighted by molar-refractivity contribution is -0.699. The van der Waals surface area contributed by atoms with Crippen LogP contribution in [-0.4, -0.2) is 0 Å². The van der Waals surface area contributed by atoms with Gasteiger partial charge in [0.1, 0.15) is 6.54 Å². The third-order valence-electron chi connectivity index (χ3n) is 2.19. The van der Waals surface area contributed by atoms with Gasteiger partial charge >= 0.3 is 0 Å². The van der Waals surface area contributed by atoms with Crippen molar-refractivity contribution in [3.05, 3.63) is 36.7 Å². The van der Waals surface area contributed by atoms with E-state index in [0.717, 1.165) is 6.54 Å². The van der Waals surface area contributed by atoms with Crippen LogP contribution in [0.2, 0.25) is 0 Å². The Morgan fingerprint density at radius 3 is 2.92 bits per heavy atom. The van der Waals surface area contributed by atoms with E-state index in [1.807, 2.05) is 12.1 Å². The van der Waals surface area contributed by atoms with Crippen molar-refractivity contribution in [2.75, 3.05) is 0 Å². The molecule has 0 spiro atoms. The maximum atomic E-state index is 3.80. The Bertz CT molecular complexity index is 266. The molecule has 1 rings (SSSR count). The maximum Gasteiger partial charge on any atom is 0.204 e. The Balaban J connectivity index is 2.59. The van der Waals surface area contributed by atoms with E-state index in [1.54, 1.807) is 0 Å². The number of rotatable bonds is 5. The minimum atomic E-state index is 1.11. The molecule has 0 amide bonds. The molecule has 0 aliphatic rings. The van der Waals surface area contributed by atoms with Crippen molar-refractivity contribution in [2.45, 2.75) is 32.7 Å². The first-order valence-electron chi connectivity index (χ1n) is 4.99. The van der Waals surface area contributed by atoms with Crippen molar-refractivity contribution in [3.8, 4) is 0 Å². The predicted octanol–water partition coefficient (Wildman–Crippen LogP) is 2.81. The van der Waals surface area contributed by atoms with Gasteiger partial charge < -0.3 is 0 Å². The van der Waals surface area contributed by atoms with Gasteiger partial charge in [-0.05, 0) is 12.5 Å². The topological polar surface area (TPSA) is 3.88 Å². The van der Waals surface area contributed by atoms with Crippen molar-refractivity contribution >= 4 is 6.08 Å². The molecule has 0 unspecified atom stereocenters. The van der Waals surface area contributed by atoms with Crippen molar-refractivity contribution < 1.29 is 4.57 Å². The third-order valence-corrected chi connectivity index (χ3v) is 2.19. The highest BCUT2D eigenvalue weighted by atomic mass is 14.9. The second-order valence-electron chi connectivity index (χ2n) is 3.23. The minimum Gasteiger partial charge on any atom is -0.199 e. The van der Waals surface area contributed by atoms with Gasteiger partial charge in [-0.2, -0.15) is 4.57 Å². The van der Waals surface area contributed by atoms with Crippen LogP contribution in [0.4, 0.5) is 0 Å². The molecule has 0 bridgehead atoms. The number of pyridine rings is 1. The Morgan fingerprint density at radius 1 is 1.38 bits per heavy atom. The van der Waals surface area contributed by atoms with E-state index in [0.29, 0.717) is 0 Å². The summed E-state index contributed by atoms with van der Waals surface area (Å²) >= 11 is 0. The van der Waals surface area contributed by atoms with E-state index in [9.17, 15) is 0 Å². The molecule has 1 nitrogen and oxygen atoms in total. The normalized spacial score (nSPS) is 9.92. The van der Waals surface area contributed by atoms with Gasteiger partial charge in [-0.3, -0.25) is 0 Å². The zero-order valence-electron chi connectivity index (χ0n) is 8.37. The molecule has 13 heavy (non-hydrogen) atoms. The molecule has 0 aromatic carbocycles. The van der Waals surface area contributed by atoms with E-state index < -0.39 is 0 Å². The fourth-order valence-electron chi connectivity index (χ4n) is 1.41.